The molecule has 0 radical (unpaired) electrons. The Morgan fingerprint density at radius 1 is 1.42 bits per heavy atom. The van der Waals surface area contributed by atoms with Gasteiger partial charge in [0.2, 0.25) is 0 Å². The van der Waals surface area contributed by atoms with Gasteiger partial charge in [-0.15, -0.1) is 0 Å². The maximum atomic E-state index is 8.92. The van der Waals surface area contributed by atoms with Crippen LogP contribution in [0.2, 0.25) is 0 Å². The summed E-state index contributed by atoms with van der Waals surface area (Å²) in [6, 6.07) is 8.24. The highest BCUT2D eigenvalue weighted by Gasteiger charge is 2.23. The van der Waals surface area contributed by atoms with Gasteiger partial charge in [-0.05, 0) is 44.6 Å². The van der Waals surface area contributed by atoms with E-state index in [-0.39, 0.29) is 0 Å². The van der Waals surface area contributed by atoms with Crippen LogP contribution in [0.4, 0.5) is 11.4 Å². The number of nitriles is 1. The first-order valence-electron chi connectivity index (χ1n) is 6.90. The van der Waals surface area contributed by atoms with Gasteiger partial charge in [-0.2, -0.15) is 5.26 Å². The molecule has 1 aromatic rings. The van der Waals surface area contributed by atoms with Crippen LogP contribution in [0.1, 0.15) is 25.3 Å². The van der Waals surface area contributed by atoms with E-state index in [0.29, 0.717) is 17.3 Å². The Balaban J connectivity index is 2.30. The molecule has 4 nitrogen and oxygen atoms in total. The topological polar surface area (TPSA) is 56.3 Å². The summed E-state index contributed by atoms with van der Waals surface area (Å²) < 4.78 is 0. The molecule has 1 aliphatic heterocycles. The second kappa shape index (κ2) is 5.94. The summed E-state index contributed by atoms with van der Waals surface area (Å²) in [6.07, 6.45) is 2.25. The molecule has 1 unspecified atom stereocenters. The van der Waals surface area contributed by atoms with Crippen molar-refractivity contribution in [2.75, 3.05) is 37.3 Å². The zero-order valence-electron chi connectivity index (χ0n) is 11.8. The van der Waals surface area contributed by atoms with E-state index < -0.39 is 0 Å². The molecule has 2 N–H and O–H groups in total. The molecule has 1 aromatic carbocycles. The predicted molar refractivity (Wildman–Crippen MR) is 79.1 cm³/mol. The van der Waals surface area contributed by atoms with E-state index in [1.54, 1.807) is 6.07 Å². The van der Waals surface area contributed by atoms with Gasteiger partial charge in [0.15, 0.2) is 0 Å². The fraction of sp³-hybridized carbons (Fsp3) is 0.533. The van der Waals surface area contributed by atoms with Gasteiger partial charge in [0.1, 0.15) is 0 Å². The zero-order valence-corrected chi connectivity index (χ0v) is 11.8. The third-order valence-corrected chi connectivity index (χ3v) is 3.84. The van der Waals surface area contributed by atoms with Crippen LogP contribution in [0.3, 0.4) is 0 Å². The Morgan fingerprint density at radius 2 is 2.21 bits per heavy atom. The largest absolute Gasteiger partial charge is 0.397 e. The molecule has 4 heteroatoms. The van der Waals surface area contributed by atoms with E-state index in [1.807, 2.05) is 12.1 Å². The van der Waals surface area contributed by atoms with Crippen LogP contribution >= 0.6 is 0 Å². The minimum Gasteiger partial charge on any atom is -0.397 e. The first kappa shape index (κ1) is 13.7. The van der Waals surface area contributed by atoms with Gasteiger partial charge >= 0.3 is 0 Å². The first-order valence-corrected chi connectivity index (χ1v) is 6.90. The predicted octanol–water partition coefficient (Wildman–Crippen LogP) is 2.06. The third-order valence-electron chi connectivity index (χ3n) is 3.84. The molecule has 0 aromatic heterocycles. The molecule has 102 valence electrons. The van der Waals surface area contributed by atoms with Crippen LogP contribution in [0, 0.1) is 11.3 Å². The summed E-state index contributed by atoms with van der Waals surface area (Å²) in [5.41, 5.74) is 8.53. The minimum absolute atomic E-state index is 0.489. The Kier molecular flexibility index (Phi) is 4.28. The lowest BCUT2D eigenvalue weighted by atomic mass is 10.1. The Morgan fingerprint density at radius 3 is 2.84 bits per heavy atom. The van der Waals surface area contributed by atoms with Gasteiger partial charge < -0.3 is 15.5 Å². The van der Waals surface area contributed by atoms with E-state index >= 15 is 0 Å². The zero-order chi connectivity index (χ0) is 13.8. The van der Waals surface area contributed by atoms with Gasteiger partial charge in [-0.1, -0.05) is 6.92 Å². The lowest BCUT2D eigenvalue weighted by Gasteiger charge is -2.33. The SMILES string of the molecule is CCC1CN(C)CCCN1c1ccc(C#N)cc1N. The van der Waals surface area contributed by atoms with E-state index in [9.17, 15) is 0 Å². The highest BCUT2D eigenvalue weighted by atomic mass is 15.2. The standard InChI is InChI=1S/C15H22N4/c1-3-13-11-18(2)7-4-8-19(13)15-6-5-12(10-16)9-14(15)17/h5-6,9,13H,3-4,7-8,11,17H2,1-2H3. The number of hydrogen-bond acceptors (Lipinski definition) is 4. The van der Waals surface area contributed by atoms with Crippen molar-refractivity contribution in [2.45, 2.75) is 25.8 Å². The van der Waals surface area contributed by atoms with Crippen LogP contribution in [0.5, 0.6) is 0 Å². The van der Waals surface area contributed by atoms with Crippen LogP contribution in [0.15, 0.2) is 18.2 Å². The molecule has 0 spiro atoms. The number of nitrogen functional groups attached to an aromatic ring is 1. The molecule has 19 heavy (non-hydrogen) atoms. The normalized spacial score (nSPS) is 20.9. The minimum atomic E-state index is 0.489. The Labute approximate surface area is 115 Å². The van der Waals surface area contributed by atoms with E-state index in [4.69, 9.17) is 11.0 Å². The van der Waals surface area contributed by atoms with Crippen molar-refractivity contribution in [1.82, 2.24) is 4.90 Å². The summed E-state index contributed by atoms with van der Waals surface area (Å²) in [7, 11) is 2.17. The Hall–Kier alpha value is -1.73. The second-order valence-corrected chi connectivity index (χ2v) is 5.26. The highest BCUT2D eigenvalue weighted by Crippen LogP contribution is 2.28. The number of likely N-dealkylation sites (N-methyl/N-ethyl adjacent to an activating group) is 1. The smallest absolute Gasteiger partial charge is 0.0992 e. The van der Waals surface area contributed by atoms with Gasteiger partial charge in [-0.3, -0.25) is 0 Å². The quantitative estimate of drug-likeness (QED) is 0.825. The molecule has 1 heterocycles. The molecule has 0 aliphatic carbocycles. The molecule has 0 bridgehead atoms. The van der Waals surface area contributed by atoms with Crippen molar-refractivity contribution < 1.29 is 0 Å². The maximum absolute atomic E-state index is 8.92. The lowest BCUT2D eigenvalue weighted by molar-refractivity contribution is 0.328. The van der Waals surface area contributed by atoms with Gasteiger partial charge in [0, 0.05) is 19.1 Å². The fourth-order valence-electron chi connectivity index (χ4n) is 2.80. The van der Waals surface area contributed by atoms with E-state index in [2.05, 4.69) is 29.8 Å². The molecule has 0 amide bonds. The molecular weight excluding hydrogens is 236 g/mol. The summed E-state index contributed by atoms with van der Waals surface area (Å²) in [4.78, 5) is 4.79. The number of hydrogen-bond donors (Lipinski definition) is 1. The molecule has 0 saturated carbocycles. The van der Waals surface area contributed by atoms with Crippen molar-refractivity contribution in [2.24, 2.45) is 0 Å². The summed E-state index contributed by atoms with van der Waals surface area (Å²) >= 11 is 0. The Bertz CT molecular complexity index is 478. The van der Waals surface area contributed by atoms with E-state index in [1.165, 1.54) is 0 Å². The van der Waals surface area contributed by atoms with Crippen molar-refractivity contribution in [3.8, 4) is 6.07 Å². The van der Waals surface area contributed by atoms with Crippen LogP contribution in [-0.4, -0.2) is 37.6 Å². The number of nitrogens with zero attached hydrogens (tertiary/aromatic N) is 3. The summed E-state index contributed by atoms with van der Waals surface area (Å²) in [5, 5.41) is 8.92. The molecule has 1 saturated heterocycles. The maximum Gasteiger partial charge on any atom is 0.0992 e. The monoisotopic (exact) mass is 258 g/mol. The van der Waals surface area contributed by atoms with Gasteiger partial charge in [-0.25, -0.2) is 0 Å². The van der Waals surface area contributed by atoms with Crippen LogP contribution in [0.25, 0.3) is 0 Å². The summed E-state index contributed by atoms with van der Waals surface area (Å²) in [5.74, 6) is 0. The van der Waals surface area contributed by atoms with Crippen molar-refractivity contribution in [3.63, 3.8) is 0 Å². The van der Waals surface area contributed by atoms with Crippen molar-refractivity contribution >= 4 is 11.4 Å². The first-order chi connectivity index (χ1) is 9.15. The van der Waals surface area contributed by atoms with Gasteiger partial charge in [0.25, 0.3) is 0 Å². The van der Waals surface area contributed by atoms with E-state index in [0.717, 1.165) is 38.2 Å². The van der Waals surface area contributed by atoms with Crippen LogP contribution in [-0.2, 0) is 0 Å². The number of anilines is 2. The highest BCUT2D eigenvalue weighted by molar-refractivity contribution is 5.70. The third kappa shape index (κ3) is 2.99. The molecule has 2 rings (SSSR count). The lowest BCUT2D eigenvalue weighted by Crippen LogP contribution is -2.40. The molecule has 1 fully saturated rings. The number of rotatable bonds is 2. The van der Waals surface area contributed by atoms with Crippen molar-refractivity contribution in [1.29, 1.82) is 5.26 Å². The van der Waals surface area contributed by atoms with Gasteiger partial charge in [0.05, 0.1) is 23.0 Å². The molecule has 1 aliphatic rings. The molecule has 1 atom stereocenters. The van der Waals surface area contributed by atoms with Crippen molar-refractivity contribution in [3.05, 3.63) is 23.8 Å². The van der Waals surface area contributed by atoms with Crippen LogP contribution < -0.4 is 10.6 Å². The molecular formula is C15H22N4. The number of benzene rings is 1. The summed E-state index contributed by atoms with van der Waals surface area (Å²) in [6.45, 7) is 5.44. The average molecular weight is 258 g/mol. The second-order valence-electron chi connectivity index (χ2n) is 5.26. The fourth-order valence-corrected chi connectivity index (χ4v) is 2.80. The number of nitrogens with two attached hydrogens (primary N) is 1. The average Bonchev–Trinajstić information content (AvgIpc) is 2.60.